The Morgan fingerprint density at radius 2 is 1.82 bits per heavy atom. The maximum atomic E-state index is 12.4. The van der Waals surface area contributed by atoms with Crippen molar-refractivity contribution in [3.05, 3.63) is 53.7 Å². The van der Waals surface area contributed by atoms with Crippen LogP contribution in [0.25, 0.3) is 26.4 Å². The lowest BCUT2D eigenvalue weighted by atomic mass is 10.1. The molecule has 2 aromatic carbocycles. The number of carbonyl (C=O) groups is 1. The summed E-state index contributed by atoms with van der Waals surface area (Å²) in [6.45, 7) is 10.2. The highest BCUT2D eigenvalue weighted by Crippen LogP contribution is 2.34. The van der Waals surface area contributed by atoms with Crippen molar-refractivity contribution in [3.8, 4) is 17.0 Å². The number of hydrogen-bond donors (Lipinski definition) is 0. The third kappa shape index (κ3) is 4.11. The molecule has 5 rings (SSSR count). The van der Waals surface area contributed by atoms with Gasteiger partial charge < -0.3 is 9.64 Å². The summed E-state index contributed by atoms with van der Waals surface area (Å²) < 4.78 is 8.93. The van der Waals surface area contributed by atoms with Crippen molar-refractivity contribution in [2.75, 3.05) is 33.3 Å². The first kappa shape index (κ1) is 21.9. The van der Waals surface area contributed by atoms with Crippen LogP contribution >= 0.6 is 11.3 Å². The Balaban J connectivity index is 1.52. The van der Waals surface area contributed by atoms with Crippen LogP contribution < -0.4 is 4.74 Å². The maximum Gasteiger partial charge on any atom is 0.225 e. The van der Waals surface area contributed by atoms with Gasteiger partial charge in [0, 0.05) is 44.2 Å². The van der Waals surface area contributed by atoms with Crippen molar-refractivity contribution < 1.29 is 9.53 Å². The van der Waals surface area contributed by atoms with Crippen LogP contribution in [0.3, 0.4) is 0 Å². The number of aromatic nitrogens is 2. The molecular weight excluding hydrogens is 432 g/mol. The Morgan fingerprint density at radius 1 is 1.09 bits per heavy atom. The lowest BCUT2D eigenvalue weighted by Gasteiger charge is -2.35. The number of hydrogen-bond acceptors (Lipinski definition) is 5. The zero-order valence-corrected chi connectivity index (χ0v) is 20.5. The second kappa shape index (κ2) is 8.80. The number of aryl methyl sites for hydroxylation is 1. The third-order valence-electron chi connectivity index (χ3n) is 6.41. The van der Waals surface area contributed by atoms with E-state index in [0.717, 1.165) is 54.7 Å². The number of piperazine rings is 1. The fraction of sp³-hybridized carbons (Fsp3) is 0.385. The molecule has 4 aromatic rings. The molecule has 0 N–H and O–H groups in total. The molecule has 0 radical (unpaired) electrons. The molecule has 2 aromatic heterocycles. The van der Waals surface area contributed by atoms with E-state index in [-0.39, 0.29) is 11.8 Å². The van der Waals surface area contributed by atoms with Gasteiger partial charge in [-0.1, -0.05) is 31.3 Å². The summed E-state index contributed by atoms with van der Waals surface area (Å²) in [5.74, 6) is 1.14. The molecule has 7 heteroatoms. The molecule has 0 aliphatic carbocycles. The van der Waals surface area contributed by atoms with Crippen LogP contribution in [0.15, 0.2) is 42.5 Å². The summed E-state index contributed by atoms with van der Waals surface area (Å²) in [7, 11) is 1.69. The Bertz CT molecular complexity index is 1300. The lowest BCUT2D eigenvalue weighted by molar-refractivity contribution is -0.136. The topological polar surface area (TPSA) is 50.1 Å². The summed E-state index contributed by atoms with van der Waals surface area (Å²) in [5, 5.41) is 0. The van der Waals surface area contributed by atoms with Gasteiger partial charge in [0.2, 0.25) is 5.91 Å². The van der Waals surface area contributed by atoms with Crippen LogP contribution in [-0.2, 0) is 11.3 Å². The molecule has 6 nitrogen and oxygen atoms in total. The van der Waals surface area contributed by atoms with Gasteiger partial charge in [-0.05, 0) is 48.9 Å². The monoisotopic (exact) mass is 462 g/mol. The Morgan fingerprint density at radius 3 is 2.48 bits per heavy atom. The van der Waals surface area contributed by atoms with Crippen LogP contribution in [0, 0.1) is 12.8 Å². The van der Waals surface area contributed by atoms with Gasteiger partial charge in [-0.2, -0.15) is 0 Å². The number of benzene rings is 2. The molecule has 1 aliphatic rings. The highest BCUT2D eigenvalue weighted by atomic mass is 32.1. The molecule has 172 valence electrons. The van der Waals surface area contributed by atoms with E-state index in [4.69, 9.17) is 9.72 Å². The van der Waals surface area contributed by atoms with Crippen molar-refractivity contribution in [3.63, 3.8) is 0 Å². The maximum absolute atomic E-state index is 12.4. The third-order valence-corrected chi connectivity index (χ3v) is 7.42. The van der Waals surface area contributed by atoms with Crippen molar-refractivity contribution in [1.82, 2.24) is 19.2 Å². The number of amides is 1. The molecule has 0 saturated carbocycles. The van der Waals surface area contributed by atoms with E-state index in [2.05, 4.69) is 46.6 Å². The zero-order valence-electron chi connectivity index (χ0n) is 19.7. The average Bonchev–Trinajstić information content (AvgIpc) is 3.35. The van der Waals surface area contributed by atoms with Crippen LogP contribution in [0.5, 0.6) is 5.75 Å². The summed E-state index contributed by atoms with van der Waals surface area (Å²) in [6, 6.07) is 14.8. The fourth-order valence-corrected chi connectivity index (χ4v) is 5.71. The second-order valence-corrected chi connectivity index (χ2v) is 10.1. The second-order valence-electron chi connectivity index (χ2n) is 9.08. The first-order valence-corrected chi connectivity index (χ1v) is 12.3. The summed E-state index contributed by atoms with van der Waals surface area (Å²) in [5.41, 5.74) is 5.78. The molecule has 1 saturated heterocycles. The molecule has 0 spiro atoms. The predicted octanol–water partition coefficient (Wildman–Crippen LogP) is 4.83. The lowest BCUT2D eigenvalue weighted by Crippen LogP contribution is -2.49. The van der Waals surface area contributed by atoms with Gasteiger partial charge in [-0.25, -0.2) is 4.98 Å². The molecular formula is C26H30N4O2S. The predicted molar refractivity (Wildman–Crippen MR) is 134 cm³/mol. The normalized spacial score (nSPS) is 15.1. The molecule has 1 fully saturated rings. The minimum Gasteiger partial charge on any atom is -0.497 e. The van der Waals surface area contributed by atoms with Crippen molar-refractivity contribution in [2.45, 2.75) is 27.3 Å². The number of carbonyl (C=O) groups excluding carboxylic acids is 1. The van der Waals surface area contributed by atoms with E-state index >= 15 is 0 Å². The van der Waals surface area contributed by atoms with E-state index in [1.54, 1.807) is 18.4 Å². The van der Waals surface area contributed by atoms with Gasteiger partial charge in [0.15, 0.2) is 4.96 Å². The molecule has 0 atom stereocenters. The van der Waals surface area contributed by atoms with Crippen LogP contribution in [0.4, 0.5) is 0 Å². The van der Waals surface area contributed by atoms with E-state index in [1.807, 2.05) is 30.9 Å². The number of fused-ring (bicyclic) bond motifs is 3. The Kier molecular flexibility index (Phi) is 5.85. The van der Waals surface area contributed by atoms with Crippen molar-refractivity contribution in [2.24, 2.45) is 5.92 Å². The minimum absolute atomic E-state index is 0.0494. The number of rotatable bonds is 5. The summed E-state index contributed by atoms with van der Waals surface area (Å²) >= 11 is 1.74. The van der Waals surface area contributed by atoms with Gasteiger partial charge >= 0.3 is 0 Å². The largest absolute Gasteiger partial charge is 0.497 e. The summed E-state index contributed by atoms with van der Waals surface area (Å²) in [4.78, 5) is 23.0. The molecule has 0 unspecified atom stereocenters. The number of nitrogens with zero attached hydrogens (tertiary/aromatic N) is 4. The molecule has 33 heavy (non-hydrogen) atoms. The van der Waals surface area contributed by atoms with Crippen molar-refractivity contribution >= 4 is 32.4 Å². The van der Waals surface area contributed by atoms with Gasteiger partial charge in [0.25, 0.3) is 0 Å². The zero-order chi connectivity index (χ0) is 23.1. The number of imidazole rings is 1. The number of ether oxygens (including phenoxy) is 1. The van der Waals surface area contributed by atoms with E-state index in [0.29, 0.717) is 0 Å². The molecule has 1 amide bonds. The van der Waals surface area contributed by atoms with Gasteiger partial charge in [-0.3, -0.25) is 14.1 Å². The molecule has 3 heterocycles. The van der Waals surface area contributed by atoms with Crippen molar-refractivity contribution in [1.29, 1.82) is 0 Å². The van der Waals surface area contributed by atoms with Gasteiger partial charge in [0.05, 0.1) is 28.7 Å². The Hall–Kier alpha value is -2.90. The van der Waals surface area contributed by atoms with Crippen LogP contribution in [-0.4, -0.2) is 58.4 Å². The highest BCUT2D eigenvalue weighted by molar-refractivity contribution is 7.23. The van der Waals surface area contributed by atoms with Gasteiger partial charge in [-0.15, -0.1) is 0 Å². The SMILES string of the molecule is COc1ccc(-c2nc3sc4cc(C)ccc4n3c2CN2CCN(C(=O)C(C)C)CC2)cc1. The van der Waals surface area contributed by atoms with E-state index in [1.165, 1.54) is 21.5 Å². The van der Waals surface area contributed by atoms with E-state index < -0.39 is 0 Å². The molecule has 0 bridgehead atoms. The van der Waals surface area contributed by atoms with Gasteiger partial charge in [0.1, 0.15) is 5.75 Å². The number of thiazole rings is 1. The quantitative estimate of drug-likeness (QED) is 0.426. The average molecular weight is 463 g/mol. The standard InChI is InChI=1S/C26H30N4O2S/c1-17(2)25(31)29-13-11-28(12-14-29)16-22-24(19-6-8-20(32-4)9-7-19)27-26-30(22)21-10-5-18(3)15-23(21)33-26/h5-10,15,17H,11-14,16H2,1-4H3. The minimum atomic E-state index is 0.0494. The Labute approximate surface area is 198 Å². The fourth-order valence-electron chi connectivity index (χ4n) is 4.56. The van der Waals surface area contributed by atoms with E-state index in [9.17, 15) is 4.79 Å². The smallest absolute Gasteiger partial charge is 0.225 e. The summed E-state index contributed by atoms with van der Waals surface area (Å²) in [6.07, 6.45) is 0. The first-order chi connectivity index (χ1) is 15.9. The first-order valence-electron chi connectivity index (χ1n) is 11.5. The molecule has 1 aliphatic heterocycles. The van der Waals surface area contributed by atoms with Crippen LogP contribution in [0.1, 0.15) is 25.1 Å². The highest BCUT2D eigenvalue weighted by Gasteiger charge is 2.26. The number of methoxy groups -OCH3 is 1. The van der Waals surface area contributed by atoms with Crippen LogP contribution in [0.2, 0.25) is 0 Å².